The van der Waals surface area contributed by atoms with E-state index in [9.17, 15) is 4.39 Å². The molecule has 1 saturated heterocycles. The number of anilines is 1. The highest BCUT2D eigenvalue weighted by Gasteiger charge is 2.23. The van der Waals surface area contributed by atoms with Crippen molar-refractivity contribution in [3.63, 3.8) is 0 Å². The largest absolute Gasteiger partial charge is 0.368 e. The fraction of sp³-hybridized carbons (Fsp3) is 0.571. The van der Waals surface area contributed by atoms with Gasteiger partial charge in [0.25, 0.3) is 0 Å². The van der Waals surface area contributed by atoms with Crippen LogP contribution in [-0.2, 0) is 0 Å². The van der Waals surface area contributed by atoms with Crippen LogP contribution in [0.25, 0.3) is 0 Å². The minimum Gasteiger partial charge on any atom is -0.368 e. The highest BCUT2D eigenvalue weighted by Crippen LogP contribution is 2.24. The Bertz CT molecular complexity index is 378. The minimum absolute atomic E-state index is 0.0962. The standard InChI is InChI=1S/C14H21FN2/c1-3-7-16-12-6-8-17(10-12)14-5-4-11(2)9-13(14)15/h4-5,9,12,16H,3,6-8,10H2,1-2H3. The topological polar surface area (TPSA) is 15.3 Å². The van der Waals surface area contributed by atoms with E-state index in [4.69, 9.17) is 0 Å². The van der Waals surface area contributed by atoms with E-state index in [1.54, 1.807) is 6.07 Å². The summed E-state index contributed by atoms with van der Waals surface area (Å²) in [5.74, 6) is -0.0962. The average molecular weight is 236 g/mol. The molecule has 0 aromatic heterocycles. The van der Waals surface area contributed by atoms with E-state index < -0.39 is 0 Å². The summed E-state index contributed by atoms with van der Waals surface area (Å²) in [6.07, 6.45) is 2.25. The van der Waals surface area contributed by atoms with Crippen LogP contribution >= 0.6 is 0 Å². The van der Waals surface area contributed by atoms with Gasteiger partial charge in [-0.25, -0.2) is 4.39 Å². The summed E-state index contributed by atoms with van der Waals surface area (Å²) in [6.45, 7) is 7.00. The Kier molecular flexibility index (Phi) is 4.00. The molecule has 1 unspecified atom stereocenters. The van der Waals surface area contributed by atoms with E-state index in [-0.39, 0.29) is 5.82 Å². The molecule has 0 saturated carbocycles. The van der Waals surface area contributed by atoms with Crippen molar-refractivity contribution in [1.29, 1.82) is 0 Å². The SMILES string of the molecule is CCCNC1CCN(c2ccc(C)cc2F)C1. The van der Waals surface area contributed by atoms with Gasteiger partial charge in [-0.2, -0.15) is 0 Å². The number of benzene rings is 1. The number of nitrogens with zero attached hydrogens (tertiary/aromatic N) is 1. The quantitative estimate of drug-likeness (QED) is 0.864. The van der Waals surface area contributed by atoms with Crippen molar-refractivity contribution in [2.24, 2.45) is 0 Å². The van der Waals surface area contributed by atoms with Gasteiger partial charge < -0.3 is 10.2 Å². The van der Waals surface area contributed by atoms with Gasteiger partial charge in [0.15, 0.2) is 0 Å². The molecule has 1 heterocycles. The van der Waals surface area contributed by atoms with Gasteiger partial charge in [-0.15, -0.1) is 0 Å². The minimum atomic E-state index is -0.0962. The molecule has 2 nitrogen and oxygen atoms in total. The molecule has 2 rings (SSSR count). The number of nitrogens with one attached hydrogen (secondary N) is 1. The summed E-state index contributed by atoms with van der Waals surface area (Å²) >= 11 is 0. The van der Waals surface area contributed by atoms with Crippen LogP contribution < -0.4 is 10.2 Å². The predicted molar refractivity (Wildman–Crippen MR) is 70.0 cm³/mol. The number of hydrogen-bond donors (Lipinski definition) is 1. The first-order valence-corrected chi connectivity index (χ1v) is 6.45. The summed E-state index contributed by atoms with van der Waals surface area (Å²) in [4.78, 5) is 2.14. The molecule has 1 aliphatic heterocycles. The second-order valence-electron chi connectivity index (χ2n) is 4.84. The van der Waals surface area contributed by atoms with Crippen LogP contribution in [-0.4, -0.2) is 25.7 Å². The smallest absolute Gasteiger partial charge is 0.146 e. The first kappa shape index (κ1) is 12.4. The molecule has 1 atom stereocenters. The summed E-state index contributed by atoms with van der Waals surface area (Å²) in [5.41, 5.74) is 1.72. The van der Waals surface area contributed by atoms with Gasteiger partial charge in [0, 0.05) is 19.1 Å². The maximum atomic E-state index is 13.8. The van der Waals surface area contributed by atoms with Crippen molar-refractivity contribution < 1.29 is 4.39 Å². The lowest BCUT2D eigenvalue weighted by molar-refractivity contribution is 0.548. The Morgan fingerprint density at radius 1 is 1.47 bits per heavy atom. The van der Waals surface area contributed by atoms with Gasteiger partial charge >= 0.3 is 0 Å². The molecular weight excluding hydrogens is 215 g/mol. The van der Waals surface area contributed by atoms with Crippen LogP contribution in [0, 0.1) is 12.7 Å². The molecule has 1 aromatic rings. The van der Waals surface area contributed by atoms with Crippen molar-refractivity contribution in [2.45, 2.75) is 32.7 Å². The molecule has 3 heteroatoms. The zero-order chi connectivity index (χ0) is 12.3. The zero-order valence-electron chi connectivity index (χ0n) is 10.7. The van der Waals surface area contributed by atoms with Crippen LogP contribution in [0.3, 0.4) is 0 Å². The summed E-state index contributed by atoms with van der Waals surface area (Å²) in [5, 5.41) is 3.50. The fourth-order valence-corrected chi connectivity index (χ4v) is 2.36. The lowest BCUT2D eigenvalue weighted by Crippen LogP contribution is -2.33. The van der Waals surface area contributed by atoms with Gasteiger partial charge in [-0.3, -0.25) is 0 Å². The van der Waals surface area contributed by atoms with Crippen molar-refractivity contribution in [2.75, 3.05) is 24.5 Å². The third-order valence-electron chi connectivity index (χ3n) is 3.32. The number of aryl methyl sites for hydroxylation is 1. The molecule has 17 heavy (non-hydrogen) atoms. The Morgan fingerprint density at radius 2 is 2.29 bits per heavy atom. The van der Waals surface area contributed by atoms with Crippen LogP contribution in [0.1, 0.15) is 25.3 Å². The molecule has 0 amide bonds. The first-order chi connectivity index (χ1) is 8.20. The molecule has 94 valence electrons. The van der Waals surface area contributed by atoms with Crippen molar-refractivity contribution in [3.05, 3.63) is 29.6 Å². The summed E-state index contributed by atoms with van der Waals surface area (Å²) in [7, 11) is 0. The Balaban J connectivity index is 2.00. The van der Waals surface area contributed by atoms with E-state index in [0.29, 0.717) is 6.04 Å². The monoisotopic (exact) mass is 236 g/mol. The van der Waals surface area contributed by atoms with Crippen LogP contribution in [0.15, 0.2) is 18.2 Å². The highest BCUT2D eigenvalue weighted by atomic mass is 19.1. The molecule has 1 aliphatic rings. The summed E-state index contributed by atoms with van der Waals surface area (Å²) in [6, 6.07) is 6.00. The first-order valence-electron chi connectivity index (χ1n) is 6.45. The molecule has 1 aromatic carbocycles. The number of hydrogen-bond acceptors (Lipinski definition) is 2. The Hall–Kier alpha value is -1.09. The van der Waals surface area contributed by atoms with E-state index >= 15 is 0 Å². The fourth-order valence-electron chi connectivity index (χ4n) is 2.36. The maximum Gasteiger partial charge on any atom is 0.146 e. The predicted octanol–water partition coefficient (Wildman–Crippen LogP) is 2.71. The van der Waals surface area contributed by atoms with Crippen molar-refractivity contribution in [3.8, 4) is 0 Å². The zero-order valence-corrected chi connectivity index (χ0v) is 10.7. The van der Waals surface area contributed by atoms with E-state index in [1.807, 2.05) is 19.1 Å². The molecule has 0 aliphatic carbocycles. The third-order valence-corrected chi connectivity index (χ3v) is 3.32. The number of halogens is 1. The summed E-state index contributed by atoms with van der Waals surface area (Å²) < 4.78 is 13.8. The Morgan fingerprint density at radius 3 is 3.00 bits per heavy atom. The lowest BCUT2D eigenvalue weighted by atomic mass is 10.2. The normalized spacial score (nSPS) is 19.9. The van der Waals surface area contributed by atoms with Crippen LogP contribution in [0.2, 0.25) is 0 Å². The molecule has 0 radical (unpaired) electrons. The van der Waals surface area contributed by atoms with Gasteiger partial charge in [0.2, 0.25) is 0 Å². The average Bonchev–Trinajstić information content (AvgIpc) is 2.75. The van der Waals surface area contributed by atoms with Crippen molar-refractivity contribution >= 4 is 5.69 Å². The van der Waals surface area contributed by atoms with E-state index in [0.717, 1.165) is 43.7 Å². The Labute approximate surface area is 103 Å². The lowest BCUT2D eigenvalue weighted by Gasteiger charge is -2.20. The third kappa shape index (κ3) is 2.97. The van der Waals surface area contributed by atoms with Crippen LogP contribution in [0.4, 0.5) is 10.1 Å². The number of rotatable bonds is 4. The maximum absolute atomic E-state index is 13.8. The van der Waals surface area contributed by atoms with Crippen LogP contribution in [0.5, 0.6) is 0 Å². The second kappa shape index (κ2) is 5.50. The van der Waals surface area contributed by atoms with Crippen molar-refractivity contribution in [1.82, 2.24) is 5.32 Å². The molecule has 1 N–H and O–H groups in total. The molecular formula is C14H21FN2. The van der Waals surface area contributed by atoms with Gasteiger partial charge in [0.1, 0.15) is 5.82 Å². The van der Waals surface area contributed by atoms with E-state index in [2.05, 4.69) is 17.1 Å². The van der Waals surface area contributed by atoms with Gasteiger partial charge in [0.05, 0.1) is 5.69 Å². The van der Waals surface area contributed by atoms with Gasteiger partial charge in [-0.05, 0) is 44.0 Å². The van der Waals surface area contributed by atoms with Gasteiger partial charge in [-0.1, -0.05) is 13.0 Å². The van der Waals surface area contributed by atoms with E-state index in [1.165, 1.54) is 0 Å². The second-order valence-corrected chi connectivity index (χ2v) is 4.84. The molecule has 0 spiro atoms. The highest BCUT2D eigenvalue weighted by molar-refractivity contribution is 5.50. The molecule has 1 fully saturated rings. The molecule has 0 bridgehead atoms.